The van der Waals surface area contributed by atoms with Crippen molar-refractivity contribution in [1.29, 1.82) is 0 Å². The second kappa shape index (κ2) is 11.7. The molecule has 22 heavy (non-hydrogen) atoms. The third-order valence-corrected chi connectivity index (χ3v) is 4.45. The summed E-state index contributed by atoms with van der Waals surface area (Å²) in [7, 11) is 0. The lowest BCUT2D eigenvalue weighted by molar-refractivity contribution is 0.339. The number of unbranched alkanes of at least 4 members (excludes halogenated alkanes) is 2. The number of hydrazone groups is 2. The van der Waals surface area contributed by atoms with E-state index in [4.69, 9.17) is 8.37 Å². The Morgan fingerprint density at radius 2 is 1.27 bits per heavy atom. The van der Waals surface area contributed by atoms with Gasteiger partial charge in [0.2, 0.25) is 0 Å². The van der Waals surface area contributed by atoms with Crippen LogP contribution in [0.25, 0.3) is 0 Å². The van der Waals surface area contributed by atoms with Gasteiger partial charge in [-0.05, 0) is 12.8 Å². The number of hydrogen-bond acceptors (Lipinski definition) is 8. The molecule has 2 atom stereocenters. The first-order chi connectivity index (χ1) is 10.7. The topological polar surface area (TPSA) is 101 Å². The van der Waals surface area contributed by atoms with Crippen molar-refractivity contribution in [3.63, 3.8) is 0 Å². The van der Waals surface area contributed by atoms with Crippen LogP contribution in [-0.2, 0) is 30.5 Å². The molecular weight excluding hydrogens is 328 g/mol. The van der Waals surface area contributed by atoms with Gasteiger partial charge in [0, 0.05) is 0 Å². The number of hydrogen-bond donors (Lipinski definition) is 2. The molecule has 1 rings (SSSR count). The van der Waals surface area contributed by atoms with E-state index in [-0.39, 0.29) is 11.5 Å². The summed E-state index contributed by atoms with van der Waals surface area (Å²) in [5, 5.41) is 7.98. The largest absolute Gasteiger partial charge is 0.290 e. The van der Waals surface area contributed by atoms with Gasteiger partial charge >= 0.3 is 0 Å². The SMILES string of the molecule is CCCCOS(=O)CC1=NNC(CS(=O)OCCCC)=NN1. The first-order valence-corrected chi connectivity index (χ1v) is 9.83. The minimum absolute atomic E-state index is 0.129. The van der Waals surface area contributed by atoms with E-state index >= 15 is 0 Å². The molecule has 1 heterocycles. The lowest BCUT2D eigenvalue weighted by Crippen LogP contribution is -2.38. The Labute approximate surface area is 136 Å². The third-order valence-electron chi connectivity index (χ3n) is 2.57. The normalized spacial score (nSPS) is 17.0. The monoisotopic (exact) mass is 352 g/mol. The number of rotatable bonds is 12. The van der Waals surface area contributed by atoms with Gasteiger partial charge in [0.05, 0.1) is 13.2 Å². The molecular formula is C12H24N4O4S2. The Morgan fingerprint density at radius 3 is 1.59 bits per heavy atom. The second-order valence-electron chi connectivity index (χ2n) is 4.59. The van der Waals surface area contributed by atoms with Crippen molar-refractivity contribution in [3.05, 3.63) is 0 Å². The summed E-state index contributed by atoms with van der Waals surface area (Å²) in [6, 6.07) is 0. The molecule has 0 aromatic rings. The second-order valence-corrected chi connectivity index (χ2v) is 6.85. The zero-order valence-electron chi connectivity index (χ0n) is 13.0. The lowest BCUT2D eigenvalue weighted by atomic mass is 10.4. The van der Waals surface area contributed by atoms with Gasteiger partial charge in [-0.15, -0.1) is 0 Å². The molecule has 0 spiro atoms. The van der Waals surface area contributed by atoms with E-state index in [1.54, 1.807) is 0 Å². The maximum absolute atomic E-state index is 11.6. The zero-order chi connectivity index (χ0) is 16.2. The van der Waals surface area contributed by atoms with Crippen molar-refractivity contribution in [3.8, 4) is 0 Å². The van der Waals surface area contributed by atoms with Gasteiger partial charge in [0.25, 0.3) is 0 Å². The van der Waals surface area contributed by atoms with Crippen molar-refractivity contribution in [1.82, 2.24) is 10.9 Å². The van der Waals surface area contributed by atoms with E-state index in [1.807, 2.05) is 13.8 Å². The predicted octanol–water partition coefficient (Wildman–Crippen LogP) is 0.767. The summed E-state index contributed by atoms with van der Waals surface area (Å²) in [4.78, 5) is 0. The van der Waals surface area contributed by atoms with Gasteiger partial charge in [-0.25, -0.2) is 8.42 Å². The van der Waals surface area contributed by atoms with Gasteiger partial charge in [0.15, 0.2) is 33.8 Å². The molecule has 8 nitrogen and oxygen atoms in total. The van der Waals surface area contributed by atoms with E-state index in [0.717, 1.165) is 25.7 Å². The maximum Gasteiger partial charge on any atom is 0.163 e. The Morgan fingerprint density at radius 1 is 0.864 bits per heavy atom. The van der Waals surface area contributed by atoms with Crippen LogP contribution in [0.5, 0.6) is 0 Å². The van der Waals surface area contributed by atoms with Crippen LogP contribution < -0.4 is 10.9 Å². The predicted molar refractivity (Wildman–Crippen MR) is 88.9 cm³/mol. The Hall–Kier alpha value is -0.840. The van der Waals surface area contributed by atoms with Crippen LogP contribution in [0.4, 0.5) is 0 Å². The minimum atomic E-state index is -1.43. The summed E-state index contributed by atoms with van der Waals surface area (Å²) < 4.78 is 33.5. The summed E-state index contributed by atoms with van der Waals surface area (Å²) in [5.74, 6) is 1.08. The summed E-state index contributed by atoms with van der Waals surface area (Å²) >= 11 is -2.87. The molecule has 0 radical (unpaired) electrons. The van der Waals surface area contributed by atoms with E-state index in [9.17, 15) is 8.42 Å². The molecule has 2 N–H and O–H groups in total. The summed E-state index contributed by atoms with van der Waals surface area (Å²) in [6.07, 6.45) is 3.72. The van der Waals surface area contributed by atoms with Crippen molar-refractivity contribution < 1.29 is 16.8 Å². The zero-order valence-corrected chi connectivity index (χ0v) is 14.6. The van der Waals surface area contributed by atoms with E-state index < -0.39 is 22.2 Å². The number of nitrogens with zero attached hydrogens (tertiary/aromatic N) is 2. The highest BCUT2D eigenvalue weighted by atomic mass is 32.2. The van der Waals surface area contributed by atoms with Gasteiger partial charge in [-0.1, -0.05) is 26.7 Å². The van der Waals surface area contributed by atoms with Crippen LogP contribution in [0.3, 0.4) is 0 Å². The molecule has 0 aliphatic carbocycles. The van der Waals surface area contributed by atoms with Crippen LogP contribution in [0.2, 0.25) is 0 Å². The van der Waals surface area contributed by atoms with E-state index in [0.29, 0.717) is 24.9 Å². The molecule has 128 valence electrons. The lowest BCUT2D eigenvalue weighted by Gasteiger charge is -2.14. The van der Waals surface area contributed by atoms with Gasteiger partial charge < -0.3 is 0 Å². The van der Waals surface area contributed by atoms with Gasteiger partial charge in [-0.3, -0.25) is 19.2 Å². The number of nitrogens with one attached hydrogen (secondary N) is 2. The highest BCUT2D eigenvalue weighted by molar-refractivity contribution is 7.81. The van der Waals surface area contributed by atoms with Crippen molar-refractivity contribution in [2.45, 2.75) is 39.5 Å². The van der Waals surface area contributed by atoms with Crippen LogP contribution in [-0.4, -0.2) is 44.8 Å². The summed E-state index contributed by atoms with van der Waals surface area (Å²) in [6.45, 7) is 5.00. The Kier molecular flexibility index (Phi) is 10.2. The molecule has 1 aliphatic heterocycles. The van der Waals surface area contributed by atoms with Gasteiger partial charge in [0.1, 0.15) is 11.5 Å². The van der Waals surface area contributed by atoms with Crippen LogP contribution in [0.15, 0.2) is 10.2 Å². The van der Waals surface area contributed by atoms with Crippen LogP contribution >= 0.6 is 0 Å². The quantitative estimate of drug-likeness (QED) is 0.503. The maximum atomic E-state index is 11.6. The average Bonchev–Trinajstić information content (AvgIpc) is 2.50. The van der Waals surface area contributed by atoms with Crippen molar-refractivity contribution in [2.24, 2.45) is 10.2 Å². The third kappa shape index (κ3) is 8.57. The molecule has 0 saturated heterocycles. The van der Waals surface area contributed by atoms with E-state index in [1.165, 1.54) is 0 Å². The molecule has 1 aliphatic rings. The van der Waals surface area contributed by atoms with Crippen molar-refractivity contribution in [2.75, 3.05) is 24.7 Å². The van der Waals surface area contributed by atoms with E-state index in [2.05, 4.69) is 21.1 Å². The highest BCUT2D eigenvalue weighted by Gasteiger charge is 2.14. The highest BCUT2D eigenvalue weighted by Crippen LogP contribution is 1.97. The van der Waals surface area contributed by atoms with Crippen LogP contribution in [0, 0.1) is 0 Å². The summed E-state index contributed by atoms with van der Waals surface area (Å²) in [5.41, 5.74) is 5.35. The molecule has 0 saturated carbocycles. The Bertz CT molecular complexity index is 403. The minimum Gasteiger partial charge on any atom is -0.290 e. The molecule has 0 aromatic heterocycles. The first-order valence-electron chi connectivity index (χ1n) is 7.34. The molecule has 0 aromatic carbocycles. The smallest absolute Gasteiger partial charge is 0.163 e. The first kappa shape index (κ1) is 19.2. The average molecular weight is 352 g/mol. The molecule has 2 unspecified atom stereocenters. The Balaban J connectivity index is 2.23. The fourth-order valence-corrected chi connectivity index (χ4v) is 2.82. The molecule has 0 fully saturated rings. The van der Waals surface area contributed by atoms with Crippen molar-refractivity contribution >= 4 is 33.8 Å². The van der Waals surface area contributed by atoms with Crippen LogP contribution in [0.1, 0.15) is 39.5 Å². The fourth-order valence-electron chi connectivity index (χ4n) is 1.34. The number of amidine groups is 2. The molecule has 0 amide bonds. The molecule has 10 heteroatoms. The standard InChI is InChI=1S/C12H24N4O4S2/c1-3-5-7-19-21(17)9-11-13-15-12(16-14-11)10-22(18)20-8-6-4-2/h3-10H2,1-2H3,(H,13,14)(H,15,16). The molecule has 0 bridgehead atoms. The fraction of sp³-hybridized carbons (Fsp3) is 0.833. The van der Waals surface area contributed by atoms with Gasteiger partial charge in [-0.2, -0.15) is 10.2 Å².